The Bertz CT molecular complexity index is 445. The molecule has 19 heavy (non-hydrogen) atoms. The molecule has 0 aromatic carbocycles. The number of carbonyl (C=O) groups excluding carboxylic acids is 2. The van der Waals surface area contributed by atoms with E-state index >= 15 is 0 Å². The summed E-state index contributed by atoms with van der Waals surface area (Å²) in [5.74, 6) is -0.665. The van der Waals surface area contributed by atoms with E-state index in [1.54, 1.807) is 5.38 Å². The van der Waals surface area contributed by atoms with E-state index in [0.29, 0.717) is 10.4 Å². The van der Waals surface area contributed by atoms with Crippen LogP contribution in [0.15, 0.2) is 11.4 Å². The van der Waals surface area contributed by atoms with Crippen LogP contribution >= 0.6 is 11.3 Å². The molecule has 1 rings (SSSR count). The van der Waals surface area contributed by atoms with Crippen LogP contribution in [-0.4, -0.2) is 41.8 Å². The van der Waals surface area contributed by atoms with Crippen molar-refractivity contribution in [3.8, 4) is 0 Å². The molecule has 6 nitrogen and oxygen atoms in total. The zero-order valence-electron chi connectivity index (χ0n) is 10.8. The Morgan fingerprint density at radius 1 is 1.47 bits per heavy atom. The maximum atomic E-state index is 11.3. The summed E-state index contributed by atoms with van der Waals surface area (Å²) in [7, 11) is 1.28. The summed E-state index contributed by atoms with van der Waals surface area (Å²) in [5, 5.41) is 23.8. The fraction of sp³-hybridized carbons (Fsp3) is 0.500. The monoisotopic (exact) mass is 287 g/mol. The average Bonchev–Trinajstić information content (AvgIpc) is 2.85. The van der Waals surface area contributed by atoms with Crippen molar-refractivity contribution in [1.82, 2.24) is 5.32 Å². The molecule has 0 spiro atoms. The Hall–Kier alpha value is -1.44. The molecule has 0 saturated carbocycles. The first-order valence-electron chi connectivity index (χ1n) is 5.73. The molecule has 1 heterocycles. The van der Waals surface area contributed by atoms with Crippen LogP contribution < -0.4 is 5.32 Å². The van der Waals surface area contributed by atoms with E-state index in [1.807, 2.05) is 0 Å². The quantitative estimate of drug-likeness (QED) is 0.660. The number of rotatable bonds is 6. The highest BCUT2D eigenvalue weighted by Gasteiger charge is 2.21. The third-order valence-electron chi connectivity index (χ3n) is 2.53. The Balaban J connectivity index is 2.56. The average molecular weight is 287 g/mol. The molecule has 2 unspecified atom stereocenters. The highest BCUT2D eigenvalue weighted by atomic mass is 32.1. The van der Waals surface area contributed by atoms with Crippen molar-refractivity contribution in [2.24, 2.45) is 0 Å². The van der Waals surface area contributed by atoms with Crippen LogP contribution in [0.3, 0.4) is 0 Å². The van der Waals surface area contributed by atoms with Gasteiger partial charge in [0, 0.05) is 13.5 Å². The number of nitrogens with one attached hydrogen (secondary N) is 1. The van der Waals surface area contributed by atoms with Crippen molar-refractivity contribution in [2.45, 2.75) is 25.6 Å². The van der Waals surface area contributed by atoms with E-state index in [9.17, 15) is 19.8 Å². The van der Waals surface area contributed by atoms with Crippen LogP contribution in [0, 0.1) is 0 Å². The summed E-state index contributed by atoms with van der Waals surface area (Å²) < 4.78 is 4.56. The molecule has 7 heteroatoms. The lowest BCUT2D eigenvalue weighted by molar-refractivity contribution is -0.119. The van der Waals surface area contributed by atoms with E-state index in [-0.39, 0.29) is 18.9 Å². The number of aliphatic hydroxyl groups excluding tert-OH is 2. The number of hydrogen-bond acceptors (Lipinski definition) is 6. The number of methoxy groups -OCH3 is 1. The molecule has 1 aromatic rings. The molecule has 0 saturated heterocycles. The van der Waals surface area contributed by atoms with Crippen molar-refractivity contribution >= 4 is 23.2 Å². The van der Waals surface area contributed by atoms with E-state index in [0.717, 1.165) is 11.3 Å². The second-order valence-corrected chi connectivity index (χ2v) is 4.93. The van der Waals surface area contributed by atoms with Gasteiger partial charge in [0.2, 0.25) is 5.91 Å². The Labute approximate surface area is 115 Å². The fourth-order valence-corrected chi connectivity index (χ4v) is 2.34. The van der Waals surface area contributed by atoms with Crippen LogP contribution in [0.5, 0.6) is 0 Å². The standard InChI is InChI=1S/C12H17NO5S/c1-7(14)13-4-3-9(15)11(16)8-5-10(19-6-8)12(17)18-2/h5-6,9,11,15-16H,3-4H2,1-2H3,(H,13,14). The van der Waals surface area contributed by atoms with Crippen molar-refractivity contribution in [1.29, 1.82) is 0 Å². The third-order valence-corrected chi connectivity index (χ3v) is 3.45. The van der Waals surface area contributed by atoms with Gasteiger partial charge in [0.1, 0.15) is 11.0 Å². The molecule has 0 fully saturated rings. The maximum absolute atomic E-state index is 11.3. The largest absolute Gasteiger partial charge is 0.465 e. The Morgan fingerprint density at radius 3 is 2.74 bits per heavy atom. The SMILES string of the molecule is COC(=O)c1cc(C(O)C(O)CCNC(C)=O)cs1. The van der Waals surface area contributed by atoms with Crippen molar-refractivity contribution in [3.63, 3.8) is 0 Å². The van der Waals surface area contributed by atoms with E-state index in [1.165, 1.54) is 20.1 Å². The molecular weight excluding hydrogens is 270 g/mol. The van der Waals surface area contributed by atoms with Crippen LogP contribution in [0.4, 0.5) is 0 Å². The lowest BCUT2D eigenvalue weighted by atomic mass is 10.0. The minimum Gasteiger partial charge on any atom is -0.465 e. The highest BCUT2D eigenvalue weighted by molar-refractivity contribution is 7.12. The lowest BCUT2D eigenvalue weighted by Crippen LogP contribution is -2.27. The molecule has 3 N–H and O–H groups in total. The van der Waals surface area contributed by atoms with Gasteiger partial charge in [-0.1, -0.05) is 0 Å². The summed E-state index contributed by atoms with van der Waals surface area (Å²) in [6.45, 7) is 1.66. The number of hydrogen-bond donors (Lipinski definition) is 3. The smallest absolute Gasteiger partial charge is 0.348 e. The summed E-state index contributed by atoms with van der Waals surface area (Å²) in [4.78, 5) is 22.3. The zero-order chi connectivity index (χ0) is 14.4. The van der Waals surface area contributed by atoms with Crippen molar-refractivity contribution in [2.75, 3.05) is 13.7 Å². The topological polar surface area (TPSA) is 95.9 Å². The summed E-state index contributed by atoms with van der Waals surface area (Å²) in [5.41, 5.74) is 0.459. The van der Waals surface area contributed by atoms with Crippen LogP contribution in [0.1, 0.15) is 34.7 Å². The number of aliphatic hydroxyl groups is 2. The normalized spacial score (nSPS) is 13.7. The number of ether oxygens (including phenoxy) is 1. The van der Waals surface area contributed by atoms with Crippen LogP contribution in [0.2, 0.25) is 0 Å². The molecule has 1 aromatic heterocycles. The zero-order valence-corrected chi connectivity index (χ0v) is 11.6. The van der Waals surface area contributed by atoms with Gasteiger partial charge in [-0.2, -0.15) is 0 Å². The van der Waals surface area contributed by atoms with E-state index in [2.05, 4.69) is 10.1 Å². The van der Waals surface area contributed by atoms with Crippen molar-refractivity contribution < 1.29 is 24.5 Å². The second-order valence-electron chi connectivity index (χ2n) is 4.02. The lowest BCUT2D eigenvalue weighted by Gasteiger charge is -2.16. The minimum atomic E-state index is -1.09. The summed E-state index contributed by atoms with van der Waals surface area (Å²) in [6.07, 6.45) is -1.88. The predicted octanol–water partition coefficient (Wildman–Crippen LogP) is 0.455. The summed E-state index contributed by atoms with van der Waals surface area (Å²) in [6, 6.07) is 1.49. The van der Waals surface area contributed by atoms with Gasteiger partial charge in [-0.15, -0.1) is 11.3 Å². The minimum absolute atomic E-state index is 0.190. The maximum Gasteiger partial charge on any atom is 0.348 e. The number of esters is 1. The Morgan fingerprint density at radius 2 is 2.16 bits per heavy atom. The van der Waals surface area contributed by atoms with Crippen LogP contribution in [0.25, 0.3) is 0 Å². The predicted molar refractivity (Wildman–Crippen MR) is 69.9 cm³/mol. The van der Waals surface area contributed by atoms with Gasteiger partial charge < -0.3 is 20.3 Å². The fourth-order valence-electron chi connectivity index (χ4n) is 1.49. The number of carbonyl (C=O) groups is 2. The number of thiophene rings is 1. The molecule has 2 atom stereocenters. The van der Waals surface area contributed by atoms with Gasteiger partial charge in [-0.3, -0.25) is 4.79 Å². The molecule has 0 aliphatic rings. The first-order chi connectivity index (χ1) is 8.95. The van der Waals surface area contributed by atoms with Gasteiger partial charge in [-0.25, -0.2) is 4.79 Å². The van der Waals surface area contributed by atoms with Crippen molar-refractivity contribution in [3.05, 3.63) is 21.9 Å². The van der Waals surface area contributed by atoms with E-state index in [4.69, 9.17) is 0 Å². The Kier molecular flexibility index (Phi) is 5.94. The molecule has 1 amide bonds. The van der Waals surface area contributed by atoms with Gasteiger partial charge in [0.05, 0.1) is 13.2 Å². The van der Waals surface area contributed by atoms with Gasteiger partial charge in [0.25, 0.3) is 0 Å². The van der Waals surface area contributed by atoms with Gasteiger partial charge in [-0.05, 0) is 23.4 Å². The highest BCUT2D eigenvalue weighted by Crippen LogP contribution is 2.25. The summed E-state index contributed by atoms with van der Waals surface area (Å²) >= 11 is 1.14. The molecule has 0 radical (unpaired) electrons. The molecule has 0 bridgehead atoms. The first kappa shape index (κ1) is 15.6. The van der Waals surface area contributed by atoms with E-state index < -0.39 is 18.2 Å². The van der Waals surface area contributed by atoms with Gasteiger partial charge in [0.15, 0.2) is 0 Å². The molecule has 106 valence electrons. The third kappa shape index (κ3) is 4.62. The molecular formula is C12H17NO5S. The van der Waals surface area contributed by atoms with Gasteiger partial charge >= 0.3 is 5.97 Å². The first-order valence-corrected chi connectivity index (χ1v) is 6.61. The molecule has 0 aliphatic carbocycles. The van der Waals surface area contributed by atoms with Crippen LogP contribution in [-0.2, 0) is 9.53 Å². The molecule has 0 aliphatic heterocycles. The second kappa shape index (κ2) is 7.22. The number of amides is 1.